The van der Waals surface area contributed by atoms with Crippen molar-refractivity contribution >= 4 is 11.9 Å². The van der Waals surface area contributed by atoms with Crippen molar-refractivity contribution in [2.24, 2.45) is 10.9 Å². The van der Waals surface area contributed by atoms with Crippen LogP contribution in [0, 0.1) is 5.92 Å². The van der Waals surface area contributed by atoms with Crippen LogP contribution in [-0.4, -0.2) is 63.2 Å². The van der Waals surface area contributed by atoms with Gasteiger partial charge in [0.25, 0.3) is 0 Å². The first-order valence-corrected chi connectivity index (χ1v) is 9.33. The summed E-state index contributed by atoms with van der Waals surface area (Å²) in [6, 6.07) is 0. The second-order valence-electron chi connectivity index (χ2n) is 7.14. The highest BCUT2D eigenvalue weighted by Gasteiger charge is 2.13. The number of nitrogens with zero attached hydrogens (tertiary/aromatic N) is 2. The molecule has 0 aromatic carbocycles. The van der Waals surface area contributed by atoms with Gasteiger partial charge in [-0.3, -0.25) is 4.79 Å². The summed E-state index contributed by atoms with van der Waals surface area (Å²) in [7, 11) is 3.49. The smallest absolute Gasteiger partial charge is 0.243 e. The van der Waals surface area contributed by atoms with E-state index >= 15 is 0 Å². The molecule has 6 heteroatoms. The first-order chi connectivity index (χ1) is 11.5. The number of likely N-dealkylation sites (N-methyl/N-ethyl adjacent to an activating group) is 1. The van der Waals surface area contributed by atoms with Gasteiger partial charge < -0.3 is 20.3 Å². The topological polar surface area (TPSA) is 66.0 Å². The van der Waals surface area contributed by atoms with E-state index in [1.165, 1.54) is 32.1 Å². The van der Waals surface area contributed by atoms with Gasteiger partial charge >= 0.3 is 0 Å². The van der Waals surface area contributed by atoms with Crippen LogP contribution in [0.15, 0.2) is 4.99 Å². The number of aliphatic imine (C=N–C) groups is 1. The maximum atomic E-state index is 11.7. The molecule has 0 unspecified atom stereocenters. The molecule has 0 bridgehead atoms. The summed E-state index contributed by atoms with van der Waals surface area (Å²) in [4.78, 5) is 17.6. The molecule has 1 aliphatic rings. The van der Waals surface area contributed by atoms with Gasteiger partial charge in [-0.05, 0) is 25.2 Å². The van der Waals surface area contributed by atoms with E-state index in [4.69, 9.17) is 4.74 Å². The number of hydrogen-bond donors (Lipinski definition) is 2. The highest BCUT2D eigenvalue weighted by Crippen LogP contribution is 2.20. The van der Waals surface area contributed by atoms with Crippen LogP contribution in [-0.2, 0) is 9.53 Å². The lowest BCUT2D eigenvalue weighted by Gasteiger charge is -2.22. The standard InChI is InChI=1S/C18H36N4O2/c1-15(2)13-20-18(21-14-17(23)22(3)4)19-11-8-12-24-16-9-6-5-7-10-16/h15-16H,5-14H2,1-4H3,(H2,19,20,21). The number of hydrogen-bond acceptors (Lipinski definition) is 3. The highest BCUT2D eigenvalue weighted by atomic mass is 16.5. The Bertz CT molecular complexity index is 377. The van der Waals surface area contributed by atoms with Crippen molar-refractivity contribution in [3.8, 4) is 0 Å². The predicted octanol–water partition coefficient (Wildman–Crippen LogP) is 2.01. The fourth-order valence-electron chi connectivity index (χ4n) is 2.52. The van der Waals surface area contributed by atoms with Gasteiger partial charge in [-0.25, -0.2) is 4.99 Å². The third-order valence-corrected chi connectivity index (χ3v) is 4.07. The second kappa shape index (κ2) is 12.1. The predicted molar refractivity (Wildman–Crippen MR) is 99.3 cm³/mol. The maximum Gasteiger partial charge on any atom is 0.243 e. The van der Waals surface area contributed by atoms with E-state index in [1.807, 2.05) is 0 Å². The molecule has 0 aliphatic heterocycles. The van der Waals surface area contributed by atoms with Crippen molar-refractivity contribution < 1.29 is 9.53 Å². The van der Waals surface area contributed by atoms with Crippen molar-refractivity contribution in [3.05, 3.63) is 0 Å². The van der Waals surface area contributed by atoms with Crippen LogP contribution in [0.25, 0.3) is 0 Å². The maximum absolute atomic E-state index is 11.7. The van der Waals surface area contributed by atoms with E-state index < -0.39 is 0 Å². The summed E-state index contributed by atoms with van der Waals surface area (Å²) in [5.74, 6) is 1.23. The number of amides is 1. The number of nitrogens with one attached hydrogen (secondary N) is 2. The van der Waals surface area contributed by atoms with Crippen LogP contribution < -0.4 is 10.6 Å². The lowest BCUT2D eigenvalue weighted by Crippen LogP contribution is -2.40. The van der Waals surface area contributed by atoms with Crippen LogP contribution in [0.3, 0.4) is 0 Å². The zero-order chi connectivity index (χ0) is 17.8. The summed E-state index contributed by atoms with van der Waals surface area (Å²) in [6.45, 7) is 6.87. The Balaban J connectivity index is 2.26. The van der Waals surface area contributed by atoms with E-state index in [1.54, 1.807) is 19.0 Å². The molecule has 1 rings (SSSR count). The Morgan fingerprint density at radius 1 is 1.21 bits per heavy atom. The van der Waals surface area contributed by atoms with Crippen molar-refractivity contribution in [3.63, 3.8) is 0 Å². The number of guanidine groups is 1. The van der Waals surface area contributed by atoms with Crippen molar-refractivity contribution in [1.82, 2.24) is 15.5 Å². The Kier molecular flexibility index (Phi) is 10.5. The van der Waals surface area contributed by atoms with E-state index in [9.17, 15) is 4.79 Å². The molecular weight excluding hydrogens is 304 g/mol. The largest absolute Gasteiger partial charge is 0.378 e. The van der Waals surface area contributed by atoms with Gasteiger partial charge in [0.1, 0.15) is 6.54 Å². The molecule has 2 N–H and O–H groups in total. The number of rotatable bonds is 9. The Morgan fingerprint density at radius 2 is 1.92 bits per heavy atom. The number of carbonyl (C=O) groups is 1. The average Bonchev–Trinajstić information content (AvgIpc) is 2.56. The normalized spacial score (nSPS) is 16.3. The zero-order valence-corrected chi connectivity index (χ0v) is 15.9. The summed E-state index contributed by atoms with van der Waals surface area (Å²) >= 11 is 0. The SMILES string of the molecule is CC(C)CNC(=NCC(=O)N(C)C)NCCCOC1CCCCC1. The minimum absolute atomic E-state index is 0.00118. The summed E-state index contributed by atoms with van der Waals surface area (Å²) in [6.07, 6.45) is 7.79. The molecule has 1 aliphatic carbocycles. The van der Waals surface area contributed by atoms with E-state index in [-0.39, 0.29) is 12.5 Å². The molecular formula is C18H36N4O2. The van der Waals surface area contributed by atoms with Crippen LogP contribution in [0.2, 0.25) is 0 Å². The molecule has 1 fully saturated rings. The minimum Gasteiger partial charge on any atom is -0.378 e. The Hall–Kier alpha value is -1.30. The minimum atomic E-state index is 0.00118. The quantitative estimate of drug-likeness (QED) is 0.383. The van der Waals surface area contributed by atoms with Gasteiger partial charge in [-0.1, -0.05) is 33.1 Å². The van der Waals surface area contributed by atoms with E-state index in [0.29, 0.717) is 18.0 Å². The molecule has 0 aromatic rings. The van der Waals surface area contributed by atoms with Crippen LogP contribution in [0.1, 0.15) is 52.4 Å². The molecule has 0 spiro atoms. The zero-order valence-electron chi connectivity index (χ0n) is 15.9. The first-order valence-electron chi connectivity index (χ1n) is 9.33. The third kappa shape index (κ3) is 9.75. The number of ether oxygens (including phenoxy) is 1. The monoisotopic (exact) mass is 340 g/mol. The summed E-state index contributed by atoms with van der Waals surface area (Å²) < 4.78 is 5.93. The van der Waals surface area contributed by atoms with Crippen LogP contribution in [0.5, 0.6) is 0 Å². The van der Waals surface area contributed by atoms with Gasteiger partial charge in [0.05, 0.1) is 6.10 Å². The van der Waals surface area contributed by atoms with E-state index in [2.05, 4.69) is 29.5 Å². The third-order valence-electron chi connectivity index (χ3n) is 4.07. The lowest BCUT2D eigenvalue weighted by atomic mass is 9.98. The number of carbonyl (C=O) groups excluding carboxylic acids is 1. The summed E-state index contributed by atoms with van der Waals surface area (Å²) in [5, 5.41) is 6.58. The summed E-state index contributed by atoms with van der Waals surface area (Å²) in [5.41, 5.74) is 0. The molecule has 24 heavy (non-hydrogen) atoms. The molecule has 0 heterocycles. The molecule has 0 radical (unpaired) electrons. The van der Waals surface area contributed by atoms with Gasteiger partial charge in [0, 0.05) is 33.8 Å². The van der Waals surface area contributed by atoms with Crippen molar-refractivity contribution in [1.29, 1.82) is 0 Å². The molecule has 0 aromatic heterocycles. The van der Waals surface area contributed by atoms with Gasteiger partial charge in [0.2, 0.25) is 5.91 Å². The van der Waals surface area contributed by atoms with Gasteiger partial charge in [-0.2, -0.15) is 0 Å². The van der Waals surface area contributed by atoms with Crippen LogP contribution in [0.4, 0.5) is 0 Å². The highest BCUT2D eigenvalue weighted by molar-refractivity contribution is 5.84. The fourth-order valence-corrected chi connectivity index (χ4v) is 2.52. The molecule has 140 valence electrons. The molecule has 6 nitrogen and oxygen atoms in total. The van der Waals surface area contributed by atoms with Crippen molar-refractivity contribution in [2.75, 3.05) is 40.3 Å². The first kappa shape index (κ1) is 20.7. The van der Waals surface area contributed by atoms with Crippen molar-refractivity contribution in [2.45, 2.75) is 58.5 Å². The van der Waals surface area contributed by atoms with Gasteiger partial charge in [0.15, 0.2) is 5.96 Å². The Labute approximate surface area is 147 Å². The molecule has 0 atom stereocenters. The lowest BCUT2D eigenvalue weighted by molar-refractivity contribution is -0.127. The van der Waals surface area contributed by atoms with E-state index in [0.717, 1.165) is 26.1 Å². The fraction of sp³-hybridized carbons (Fsp3) is 0.889. The second-order valence-corrected chi connectivity index (χ2v) is 7.14. The average molecular weight is 341 g/mol. The molecule has 1 saturated carbocycles. The molecule has 1 amide bonds. The van der Waals surface area contributed by atoms with Crippen LogP contribution >= 0.6 is 0 Å². The van der Waals surface area contributed by atoms with Gasteiger partial charge in [-0.15, -0.1) is 0 Å². The molecule has 0 saturated heterocycles. The Morgan fingerprint density at radius 3 is 2.54 bits per heavy atom.